The van der Waals surface area contributed by atoms with Crippen molar-refractivity contribution in [1.29, 1.82) is 0 Å². The van der Waals surface area contributed by atoms with Gasteiger partial charge < -0.3 is 0 Å². The van der Waals surface area contributed by atoms with Crippen LogP contribution in [0.4, 0.5) is 0 Å². The summed E-state index contributed by atoms with van der Waals surface area (Å²) in [6.45, 7) is 5.18. The average molecular weight is 166 g/mol. The van der Waals surface area contributed by atoms with Gasteiger partial charge in [-0.3, -0.25) is 0 Å². The summed E-state index contributed by atoms with van der Waals surface area (Å²) in [6.07, 6.45) is 2.49. The zero-order valence-electron chi connectivity index (χ0n) is 7.56. The van der Waals surface area contributed by atoms with Gasteiger partial charge in [-0.15, -0.1) is 10.2 Å². The second kappa shape index (κ2) is 2.84. The SMILES string of the molecule is CC(C)Cn1nnc(C2CC2)n1. The number of rotatable bonds is 3. The molecule has 0 unspecified atom stereocenters. The molecule has 66 valence electrons. The first kappa shape index (κ1) is 7.71. The molecule has 0 radical (unpaired) electrons. The molecule has 1 aromatic rings. The van der Waals surface area contributed by atoms with Crippen LogP contribution in [0, 0.1) is 5.92 Å². The van der Waals surface area contributed by atoms with Gasteiger partial charge >= 0.3 is 0 Å². The molecule has 0 N–H and O–H groups in total. The third-order valence-electron chi connectivity index (χ3n) is 1.94. The number of nitrogens with zero attached hydrogens (tertiary/aromatic N) is 4. The fourth-order valence-corrected chi connectivity index (χ4v) is 1.16. The molecule has 4 nitrogen and oxygen atoms in total. The largest absolute Gasteiger partial charge is 0.177 e. The van der Waals surface area contributed by atoms with Gasteiger partial charge in [0.2, 0.25) is 0 Å². The second-order valence-corrected chi connectivity index (χ2v) is 3.87. The Kier molecular flexibility index (Phi) is 1.83. The van der Waals surface area contributed by atoms with Gasteiger partial charge in [-0.05, 0) is 24.0 Å². The molecule has 2 rings (SSSR count). The highest BCUT2D eigenvalue weighted by molar-refractivity contribution is 5.00. The minimum atomic E-state index is 0.589. The Hall–Kier alpha value is -0.930. The van der Waals surface area contributed by atoms with E-state index in [2.05, 4.69) is 29.3 Å². The third kappa shape index (κ3) is 1.62. The van der Waals surface area contributed by atoms with Crippen molar-refractivity contribution in [2.45, 2.75) is 39.2 Å². The Morgan fingerprint density at radius 2 is 2.25 bits per heavy atom. The number of hydrogen-bond acceptors (Lipinski definition) is 3. The van der Waals surface area contributed by atoms with Crippen LogP contribution in [0.1, 0.15) is 38.4 Å². The van der Waals surface area contributed by atoms with Crippen molar-refractivity contribution >= 4 is 0 Å². The maximum Gasteiger partial charge on any atom is 0.177 e. The topological polar surface area (TPSA) is 43.6 Å². The fraction of sp³-hybridized carbons (Fsp3) is 0.875. The molecular weight excluding hydrogens is 152 g/mol. The van der Waals surface area contributed by atoms with Gasteiger partial charge in [0, 0.05) is 5.92 Å². The van der Waals surface area contributed by atoms with E-state index < -0.39 is 0 Å². The Morgan fingerprint density at radius 3 is 2.83 bits per heavy atom. The summed E-state index contributed by atoms with van der Waals surface area (Å²) in [6, 6.07) is 0. The molecule has 1 fully saturated rings. The molecular formula is C8H14N4. The van der Waals surface area contributed by atoms with Crippen molar-refractivity contribution in [3.63, 3.8) is 0 Å². The van der Waals surface area contributed by atoms with Gasteiger partial charge in [-0.25, -0.2) is 0 Å². The quantitative estimate of drug-likeness (QED) is 0.677. The highest BCUT2D eigenvalue weighted by atomic mass is 15.6. The lowest BCUT2D eigenvalue weighted by atomic mass is 10.2. The van der Waals surface area contributed by atoms with E-state index >= 15 is 0 Å². The summed E-state index contributed by atoms with van der Waals surface area (Å²) >= 11 is 0. The van der Waals surface area contributed by atoms with E-state index in [9.17, 15) is 0 Å². The molecule has 0 amide bonds. The Balaban J connectivity index is 2.03. The normalized spacial score (nSPS) is 17.2. The first-order valence-corrected chi connectivity index (χ1v) is 4.53. The van der Waals surface area contributed by atoms with Crippen LogP contribution in [0.5, 0.6) is 0 Å². The van der Waals surface area contributed by atoms with E-state index in [1.165, 1.54) is 12.8 Å². The smallest absolute Gasteiger partial charge is 0.164 e. The predicted octanol–water partition coefficient (Wildman–Crippen LogP) is 1.21. The maximum atomic E-state index is 4.31. The lowest BCUT2D eigenvalue weighted by Gasteiger charge is -1.99. The van der Waals surface area contributed by atoms with E-state index in [0.29, 0.717) is 11.8 Å². The van der Waals surface area contributed by atoms with Crippen LogP contribution in [0.2, 0.25) is 0 Å². The molecule has 0 saturated heterocycles. The third-order valence-corrected chi connectivity index (χ3v) is 1.94. The Bertz CT molecular complexity index is 262. The molecule has 12 heavy (non-hydrogen) atoms. The first-order chi connectivity index (χ1) is 5.75. The second-order valence-electron chi connectivity index (χ2n) is 3.87. The van der Waals surface area contributed by atoms with Crippen molar-refractivity contribution in [3.05, 3.63) is 5.82 Å². The van der Waals surface area contributed by atoms with Gasteiger partial charge in [0.25, 0.3) is 0 Å². The van der Waals surface area contributed by atoms with Crippen molar-refractivity contribution in [3.8, 4) is 0 Å². The summed E-state index contributed by atoms with van der Waals surface area (Å²) in [5.74, 6) is 2.15. The molecule has 1 heterocycles. The van der Waals surface area contributed by atoms with E-state index in [-0.39, 0.29) is 0 Å². The van der Waals surface area contributed by atoms with Crippen LogP contribution >= 0.6 is 0 Å². The van der Waals surface area contributed by atoms with Crippen molar-refractivity contribution in [2.75, 3.05) is 0 Å². The van der Waals surface area contributed by atoms with Crippen LogP contribution in [0.15, 0.2) is 0 Å². The minimum Gasteiger partial charge on any atom is -0.164 e. The van der Waals surface area contributed by atoms with Crippen LogP contribution in [-0.2, 0) is 6.54 Å². The molecule has 1 aliphatic carbocycles. The van der Waals surface area contributed by atoms with Gasteiger partial charge in [0.15, 0.2) is 5.82 Å². The highest BCUT2D eigenvalue weighted by Gasteiger charge is 2.28. The van der Waals surface area contributed by atoms with Crippen LogP contribution in [0.3, 0.4) is 0 Å². The van der Waals surface area contributed by atoms with Gasteiger partial charge in [-0.1, -0.05) is 13.8 Å². The summed E-state index contributed by atoms with van der Waals surface area (Å²) in [5, 5.41) is 12.3. The summed E-state index contributed by atoms with van der Waals surface area (Å²) < 4.78 is 0. The first-order valence-electron chi connectivity index (χ1n) is 4.53. The molecule has 0 aliphatic heterocycles. The van der Waals surface area contributed by atoms with Gasteiger partial charge in [-0.2, -0.15) is 4.80 Å². The molecule has 0 atom stereocenters. The summed E-state index contributed by atoms with van der Waals surface area (Å²) in [7, 11) is 0. The Morgan fingerprint density at radius 1 is 1.50 bits per heavy atom. The summed E-state index contributed by atoms with van der Waals surface area (Å²) in [4.78, 5) is 1.71. The summed E-state index contributed by atoms with van der Waals surface area (Å²) in [5.41, 5.74) is 0. The molecule has 4 heteroatoms. The Labute approximate surface area is 72.0 Å². The monoisotopic (exact) mass is 166 g/mol. The molecule has 0 aromatic carbocycles. The maximum absolute atomic E-state index is 4.31. The number of tetrazole rings is 1. The lowest BCUT2D eigenvalue weighted by molar-refractivity contribution is 0.428. The molecule has 1 aromatic heterocycles. The van der Waals surface area contributed by atoms with E-state index in [1.807, 2.05) is 0 Å². The van der Waals surface area contributed by atoms with E-state index in [4.69, 9.17) is 0 Å². The van der Waals surface area contributed by atoms with E-state index in [1.54, 1.807) is 4.80 Å². The molecule has 1 saturated carbocycles. The fourth-order valence-electron chi connectivity index (χ4n) is 1.16. The average Bonchev–Trinajstić information content (AvgIpc) is 2.73. The predicted molar refractivity (Wildman–Crippen MR) is 44.6 cm³/mol. The van der Waals surface area contributed by atoms with Crippen LogP contribution in [0.25, 0.3) is 0 Å². The van der Waals surface area contributed by atoms with Crippen LogP contribution in [-0.4, -0.2) is 20.2 Å². The molecule has 0 spiro atoms. The highest BCUT2D eigenvalue weighted by Crippen LogP contribution is 2.37. The van der Waals surface area contributed by atoms with Gasteiger partial charge in [0.1, 0.15) is 0 Å². The molecule has 1 aliphatic rings. The van der Waals surface area contributed by atoms with Crippen molar-refractivity contribution in [2.24, 2.45) is 5.92 Å². The van der Waals surface area contributed by atoms with E-state index in [0.717, 1.165) is 12.4 Å². The van der Waals surface area contributed by atoms with Crippen molar-refractivity contribution in [1.82, 2.24) is 20.2 Å². The standard InChI is InChI=1S/C8H14N4/c1-6(2)5-12-10-8(9-11-12)7-3-4-7/h6-7H,3-5H2,1-2H3. The lowest BCUT2D eigenvalue weighted by Crippen LogP contribution is -2.07. The number of aromatic nitrogens is 4. The minimum absolute atomic E-state index is 0.589. The molecule has 0 bridgehead atoms. The zero-order valence-corrected chi connectivity index (χ0v) is 7.56. The number of hydrogen-bond donors (Lipinski definition) is 0. The van der Waals surface area contributed by atoms with Crippen LogP contribution < -0.4 is 0 Å². The van der Waals surface area contributed by atoms with Gasteiger partial charge in [0.05, 0.1) is 6.54 Å². The zero-order chi connectivity index (χ0) is 8.55. The van der Waals surface area contributed by atoms with Crippen molar-refractivity contribution < 1.29 is 0 Å².